The molecule has 3 aromatic rings. The van der Waals surface area contributed by atoms with Crippen molar-refractivity contribution >= 4 is 10.0 Å². The Labute approximate surface area is 218 Å². The highest BCUT2D eigenvalue weighted by Gasteiger charge is 2.32. The van der Waals surface area contributed by atoms with E-state index in [1.54, 1.807) is 0 Å². The lowest BCUT2D eigenvalue weighted by molar-refractivity contribution is -0.274. The molecule has 8 nitrogen and oxygen atoms in total. The molecule has 0 unspecified atom stereocenters. The van der Waals surface area contributed by atoms with Crippen molar-refractivity contribution in [2.24, 2.45) is 0 Å². The van der Waals surface area contributed by atoms with Crippen LogP contribution in [0.15, 0.2) is 68.9 Å². The van der Waals surface area contributed by atoms with Gasteiger partial charge in [0.05, 0.1) is 11.4 Å². The van der Waals surface area contributed by atoms with Gasteiger partial charge in [-0.2, -0.15) is 4.31 Å². The van der Waals surface area contributed by atoms with E-state index in [1.807, 2.05) is 30.9 Å². The fraction of sp³-hybridized carbons (Fsp3) is 0.346. The van der Waals surface area contributed by atoms with Crippen LogP contribution < -0.4 is 14.9 Å². The van der Waals surface area contributed by atoms with E-state index in [4.69, 9.17) is 9.15 Å². The van der Waals surface area contributed by atoms with Gasteiger partial charge in [0.2, 0.25) is 21.2 Å². The Hall–Kier alpha value is -3.35. The number of benzene rings is 2. The number of alkyl halides is 3. The lowest BCUT2D eigenvalue weighted by Crippen LogP contribution is -2.48. The van der Waals surface area contributed by atoms with Gasteiger partial charge in [0, 0.05) is 32.2 Å². The molecule has 1 aliphatic rings. The third-order valence-electron chi connectivity index (χ3n) is 5.93. The fourth-order valence-electron chi connectivity index (χ4n) is 4.25. The van der Waals surface area contributed by atoms with Crippen LogP contribution in [0.3, 0.4) is 0 Å². The highest BCUT2D eigenvalue weighted by Crippen LogP contribution is 2.25. The molecule has 2 heterocycles. The van der Waals surface area contributed by atoms with Gasteiger partial charge in [0.15, 0.2) is 0 Å². The largest absolute Gasteiger partial charge is 0.573 e. The standard InChI is InChI=1S/C26H27F3N2O6S/c1-18-11-19(2)13-20(12-18)16-36-25-17-35-22(14-24(25)32)15-30-7-9-31(10-8-30)38(33,34)23-5-3-21(4-6-23)37-26(27,28)29/h3-6,11-14,17H,7-10,15-16H2,1-2H3. The number of ether oxygens (including phenoxy) is 2. The van der Waals surface area contributed by atoms with Crippen LogP contribution >= 0.6 is 0 Å². The van der Waals surface area contributed by atoms with E-state index in [9.17, 15) is 26.4 Å². The van der Waals surface area contributed by atoms with E-state index >= 15 is 0 Å². The van der Waals surface area contributed by atoms with E-state index in [0.717, 1.165) is 41.0 Å². The van der Waals surface area contributed by atoms with Gasteiger partial charge in [-0.15, -0.1) is 13.2 Å². The fourth-order valence-corrected chi connectivity index (χ4v) is 5.67. The molecule has 1 aromatic heterocycles. The van der Waals surface area contributed by atoms with Crippen molar-refractivity contribution in [3.05, 3.63) is 87.5 Å². The average molecular weight is 553 g/mol. The minimum Gasteiger partial charge on any atom is -0.482 e. The van der Waals surface area contributed by atoms with E-state index in [2.05, 4.69) is 10.8 Å². The molecule has 0 N–H and O–H groups in total. The van der Waals surface area contributed by atoms with Gasteiger partial charge >= 0.3 is 6.36 Å². The first-order valence-corrected chi connectivity index (χ1v) is 13.2. The lowest BCUT2D eigenvalue weighted by atomic mass is 10.1. The van der Waals surface area contributed by atoms with E-state index in [-0.39, 0.29) is 35.8 Å². The van der Waals surface area contributed by atoms with Crippen LogP contribution in [0.25, 0.3) is 0 Å². The van der Waals surface area contributed by atoms with Crippen LogP contribution in [0.5, 0.6) is 11.5 Å². The second-order valence-corrected chi connectivity index (χ2v) is 11.0. The number of aryl methyl sites for hydroxylation is 2. The molecule has 4 rings (SSSR count). The van der Waals surface area contributed by atoms with Crippen molar-refractivity contribution in [3.63, 3.8) is 0 Å². The minimum atomic E-state index is -4.86. The first kappa shape index (κ1) is 27.7. The number of rotatable bonds is 8. The molecular formula is C26H27F3N2O6S. The zero-order valence-electron chi connectivity index (χ0n) is 20.8. The summed E-state index contributed by atoms with van der Waals surface area (Å²) >= 11 is 0. The van der Waals surface area contributed by atoms with Crippen LogP contribution in [0, 0.1) is 13.8 Å². The van der Waals surface area contributed by atoms with E-state index in [1.165, 1.54) is 16.6 Å². The summed E-state index contributed by atoms with van der Waals surface area (Å²) < 4.78 is 79.1. The van der Waals surface area contributed by atoms with Crippen molar-refractivity contribution in [2.45, 2.75) is 38.3 Å². The van der Waals surface area contributed by atoms with E-state index in [0.29, 0.717) is 25.4 Å². The van der Waals surface area contributed by atoms with Gasteiger partial charge < -0.3 is 13.9 Å². The van der Waals surface area contributed by atoms with Gasteiger partial charge in [-0.05, 0) is 43.7 Å². The van der Waals surface area contributed by atoms with Crippen LogP contribution in [0.1, 0.15) is 22.5 Å². The first-order chi connectivity index (χ1) is 17.9. The van der Waals surface area contributed by atoms with E-state index < -0.39 is 22.1 Å². The molecule has 12 heteroatoms. The summed E-state index contributed by atoms with van der Waals surface area (Å²) in [5, 5.41) is 0. The topological polar surface area (TPSA) is 89.3 Å². The summed E-state index contributed by atoms with van der Waals surface area (Å²) in [6.07, 6.45) is -3.57. The highest BCUT2D eigenvalue weighted by molar-refractivity contribution is 7.89. The van der Waals surface area contributed by atoms with Crippen molar-refractivity contribution < 1.29 is 35.5 Å². The Bertz CT molecular complexity index is 1410. The number of halogens is 3. The number of nitrogens with zero attached hydrogens (tertiary/aromatic N) is 2. The molecule has 38 heavy (non-hydrogen) atoms. The smallest absolute Gasteiger partial charge is 0.482 e. The summed E-state index contributed by atoms with van der Waals surface area (Å²) in [7, 11) is -3.89. The molecule has 0 radical (unpaired) electrons. The third kappa shape index (κ3) is 7.15. The maximum absolute atomic E-state index is 12.9. The molecule has 1 saturated heterocycles. The van der Waals surface area contributed by atoms with Gasteiger partial charge in [-0.3, -0.25) is 9.69 Å². The Morgan fingerprint density at radius 1 is 0.947 bits per heavy atom. The van der Waals surface area contributed by atoms with Crippen LogP contribution in [0.4, 0.5) is 13.2 Å². The molecule has 204 valence electrons. The first-order valence-electron chi connectivity index (χ1n) is 11.8. The summed E-state index contributed by atoms with van der Waals surface area (Å²) in [5.41, 5.74) is 2.85. The Morgan fingerprint density at radius 3 is 2.16 bits per heavy atom. The lowest BCUT2D eigenvalue weighted by Gasteiger charge is -2.33. The SMILES string of the molecule is Cc1cc(C)cc(COc2coc(CN3CCN(S(=O)(=O)c4ccc(OC(F)(F)F)cc4)CC3)cc2=O)c1. The Morgan fingerprint density at radius 2 is 1.58 bits per heavy atom. The number of piperazine rings is 1. The summed E-state index contributed by atoms with van der Waals surface area (Å²) in [4.78, 5) is 14.3. The molecule has 1 fully saturated rings. The summed E-state index contributed by atoms with van der Waals surface area (Å²) in [6, 6.07) is 11.5. The number of sulfonamides is 1. The minimum absolute atomic E-state index is 0.107. The Balaban J connectivity index is 1.31. The quantitative estimate of drug-likeness (QED) is 0.413. The molecule has 0 bridgehead atoms. The van der Waals surface area contributed by atoms with Gasteiger partial charge in [0.25, 0.3) is 0 Å². The molecule has 0 aliphatic carbocycles. The third-order valence-corrected chi connectivity index (χ3v) is 7.85. The van der Waals surface area contributed by atoms with Gasteiger partial charge in [-0.25, -0.2) is 8.42 Å². The van der Waals surface area contributed by atoms with Crippen LogP contribution in [0.2, 0.25) is 0 Å². The predicted octanol–water partition coefficient (Wildman–Crippen LogP) is 4.24. The monoisotopic (exact) mass is 552 g/mol. The van der Waals surface area contributed by atoms with Crippen molar-refractivity contribution in [1.82, 2.24) is 9.21 Å². The van der Waals surface area contributed by atoms with Crippen LogP contribution in [-0.4, -0.2) is 50.2 Å². The Kier molecular flexibility index (Phi) is 8.14. The molecule has 0 amide bonds. The second kappa shape index (κ2) is 11.2. The predicted molar refractivity (Wildman–Crippen MR) is 132 cm³/mol. The van der Waals surface area contributed by atoms with Crippen molar-refractivity contribution in [2.75, 3.05) is 26.2 Å². The maximum atomic E-state index is 12.9. The zero-order chi connectivity index (χ0) is 27.5. The maximum Gasteiger partial charge on any atom is 0.573 e. The molecule has 0 saturated carbocycles. The van der Waals surface area contributed by atoms with Gasteiger partial charge in [0.1, 0.15) is 24.4 Å². The molecule has 2 aromatic carbocycles. The molecule has 1 aliphatic heterocycles. The molecule has 0 spiro atoms. The number of hydrogen-bond donors (Lipinski definition) is 0. The van der Waals surface area contributed by atoms with Crippen molar-refractivity contribution in [1.29, 1.82) is 0 Å². The van der Waals surface area contributed by atoms with Crippen LogP contribution in [-0.2, 0) is 23.2 Å². The molecular weight excluding hydrogens is 525 g/mol. The van der Waals surface area contributed by atoms with Crippen molar-refractivity contribution in [3.8, 4) is 11.5 Å². The summed E-state index contributed by atoms with van der Waals surface area (Å²) in [6.45, 7) is 5.62. The number of hydrogen-bond acceptors (Lipinski definition) is 7. The highest BCUT2D eigenvalue weighted by atomic mass is 32.2. The second-order valence-electron chi connectivity index (χ2n) is 9.06. The molecule has 0 atom stereocenters. The average Bonchev–Trinajstić information content (AvgIpc) is 2.83. The zero-order valence-corrected chi connectivity index (χ0v) is 21.6. The summed E-state index contributed by atoms with van der Waals surface area (Å²) in [5.74, 6) is 0.0326. The van der Waals surface area contributed by atoms with Gasteiger partial charge in [-0.1, -0.05) is 29.3 Å². The normalized spacial score (nSPS) is 15.4.